The summed E-state index contributed by atoms with van der Waals surface area (Å²) >= 11 is 0. The molecule has 0 bridgehead atoms. The molecule has 0 amide bonds. The van der Waals surface area contributed by atoms with Crippen molar-refractivity contribution in [3.8, 4) is 0 Å². The zero-order valence-electron chi connectivity index (χ0n) is 12.5. The smallest absolute Gasteiger partial charge is 0.152 e. The molecule has 2 atom stereocenters. The molecule has 2 aromatic rings. The van der Waals surface area contributed by atoms with Crippen molar-refractivity contribution in [2.75, 3.05) is 7.11 Å². The van der Waals surface area contributed by atoms with Gasteiger partial charge in [0.2, 0.25) is 0 Å². The van der Waals surface area contributed by atoms with E-state index in [1.165, 1.54) is 0 Å². The van der Waals surface area contributed by atoms with Crippen molar-refractivity contribution < 1.29 is 9.30 Å². The summed E-state index contributed by atoms with van der Waals surface area (Å²) in [6.45, 7) is 0. The maximum atomic E-state index is 14.2. The van der Waals surface area contributed by atoms with Gasteiger partial charge in [0.25, 0.3) is 0 Å². The Balaban J connectivity index is 2.18. The lowest BCUT2D eigenvalue weighted by molar-refractivity contribution is 0.144. The average molecular weight is 310 g/mol. The molecule has 2 aromatic carbocycles. The largest absolute Gasteiger partial charge is 0.376 e. The zero-order valence-corrected chi connectivity index (χ0v) is 13.4. The second-order valence-electron chi connectivity index (χ2n) is 5.29. The Morgan fingerprint density at radius 1 is 0.818 bits per heavy atom. The molecule has 0 fully saturated rings. The Morgan fingerprint density at radius 3 is 1.82 bits per heavy atom. The highest BCUT2D eigenvalue weighted by molar-refractivity contribution is 7.79. The van der Waals surface area contributed by atoms with Crippen LogP contribution in [-0.2, 0) is 9.30 Å². The molecule has 22 heavy (non-hydrogen) atoms. The first kappa shape index (κ1) is 15.0. The summed E-state index contributed by atoms with van der Waals surface area (Å²) in [6.07, 6.45) is 7.71. The van der Waals surface area contributed by atoms with Crippen molar-refractivity contribution in [3.05, 3.63) is 85.0 Å². The molecule has 0 spiro atoms. The molecule has 2 unspecified atom stereocenters. The van der Waals surface area contributed by atoms with Crippen LogP contribution in [-0.4, -0.2) is 18.9 Å². The number of allylic oxidation sites excluding steroid dienone is 2. The second kappa shape index (κ2) is 6.48. The van der Waals surface area contributed by atoms with Crippen LogP contribution in [0.25, 0.3) is 0 Å². The molecule has 0 aliphatic heterocycles. The van der Waals surface area contributed by atoms with E-state index in [1.54, 1.807) is 7.11 Å². The second-order valence-corrected chi connectivity index (χ2v) is 8.23. The average Bonchev–Trinajstić information content (AvgIpc) is 2.62. The normalized spacial score (nSPS) is 21.0. The van der Waals surface area contributed by atoms with Gasteiger partial charge in [-0.25, -0.2) is 0 Å². The van der Waals surface area contributed by atoms with Gasteiger partial charge in [-0.2, -0.15) is 0 Å². The van der Waals surface area contributed by atoms with Gasteiger partial charge in [-0.1, -0.05) is 85.0 Å². The number of benzene rings is 2. The van der Waals surface area contributed by atoms with Gasteiger partial charge >= 0.3 is 0 Å². The molecule has 1 aliphatic rings. The van der Waals surface area contributed by atoms with E-state index in [4.69, 9.17) is 4.74 Å². The van der Waals surface area contributed by atoms with E-state index in [0.29, 0.717) is 0 Å². The van der Waals surface area contributed by atoms with Gasteiger partial charge in [0.15, 0.2) is 7.14 Å². The van der Waals surface area contributed by atoms with Crippen LogP contribution in [0.15, 0.2) is 85.0 Å². The molecular formula is C19H19O2P. The standard InChI is InChI=1S/C19H19O2P/c1-21-18-14-8-9-15-19(18)22(20,16-10-4-2-5-11-16)17-12-6-3-7-13-17/h2-15,18-19H,1H3. The van der Waals surface area contributed by atoms with Gasteiger partial charge < -0.3 is 9.30 Å². The van der Waals surface area contributed by atoms with Crippen LogP contribution in [0.4, 0.5) is 0 Å². The van der Waals surface area contributed by atoms with Gasteiger partial charge in [-0.3, -0.25) is 0 Å². The molecule has 0 aromatic heterocycles. The fourth-order valence-corrected chi connectivity index (χ4v) is 6.11. The first-order valence-electron chi connectivity index (χ1n) is 7.35. The molecule has 1 aliphatic carbocycles. The summed E-state index contributed by atoms with van der Waals surface area (Å²) in [5, 5.41) is 1.74. The Bertz CT molecular complexity index is 676. The topological polar surface area (TPSA) is 26.3 Å². The van der Waals surface area contributed by atoms with Gasteiger partial charge in [-0.05, 0) is 0 Å². The van der Waals surface area contributed by atoms with E-state index in [-0.39, 0.29) is 11.8 Å². The maximum absolute atomic E-state index is 14.2. The molecule has 0 saturated carbocycles. The lowest BCUT2D eigenvalue weighted by Gasteiger charge is -2.32. The number of hydrogen-bond acceptors (Lipinski definition) is 2. The Kier molecular flexibility index (Phi) is 4.42. The van der Waals surface area contributed by atoms with Crippen LogP contribution in [0, 0.1) is 0 Å². The van der Waals surface area contributed by atoms with Crippen molar-refractivity contribution in [2.45, 2.75) is 11.8 Å². The van der Waals surface area contributed by atoms with Crippen LogP contribution in [0.1, 0.15) is 0 Å². The van der Waals surface area contributed by atoms with Crippen molar-refractivity contribution in [1.82, 2.24) is 0 Å². The predicted molar refractivity (Wildman–Crippen MR) is 92.6 cm³/mol. The Morgan fingerprint density at radius 2 is 1.32 bits per heavy atom. The third-order valence-electron chi connectivity index (χ3n) is 4.03. The maximum Gasteiger partial charge on any atom is 0.152 e. The van der Waals surface area contributed by atoms with Crippen LogP contribution >= 0.6 is 7.14 Å². The lowest BCUT2D eigenvalue weighted by atomic mass is 10.1. The van der Waals surface area contributed by atoms with Crippen LogP contribution in [0.3, 0.4) is 0 Å². The van der Waals surface area contributed by atoms with E-state index in [2.05, 4.69) is 0 Å². The minimum atomic E-state index is -2.84. The van der Waals surface area contributed by atoms with Gasteiger partial charge in [-0.15, -0.1) is 0 Å². The molecule has 0 saturated heterocycles. The molecule has 112 valence electrons. The molecule has 2 nitrogen and oxygen atoms in total. The summed E-state index contributed by atoms with van der Waals surface area (Å²) in [4.78, 5) is 0. The number of ether oxygens (including phenoxy) is 1. The Labute approximate surface area is 131 Å². The van der Waals surface area contributed by atoms with E-state index >= 15 is 0 Å². The summed E-state index contributed by atoms with van der Waals surface area (Å²) in [5.74, 6) is 0. The monoisotopic (exact) mass is 310 g/mol. The molecule has 3 heteroatoms. The molecule has 0 N–H and O–H groups in total. The van der Waals surface area contributed by atoms with Crippen molar-refractivity contribution in [2.24, 2.45) is 0 Å². The molecular weight excluding hydrogens is 291 g/mol. The van der Waals surface area contributed by atoms with Crippen LogP contribution < -0.4 is 10.6 Å². The first-order valence-corrected chi connectivity index (χ1v) is 9.13. The van der Waals surface area contributed by atoms with Gasteiger partial charge in [0.05, 0.1) is 11.8 Å². The summed E-state index contributed by atoms with van der Waals surface area (Å²) < 4.78 is 19.8. The van der Waals surface area contributed by atoms with Gasteiger partial charge in [0.1, 0.15) is 0 Å². The van der Waals surface area contributed by atoms with Crippen molar-refractivity contribution in [3.63, 3.8) is 0 Å². The SMILES string of the molecule is COC1C=CC=CC1P(=O)(c1ccccc1)c1ccccc1. The lowest BCUT2D eigenvalue weighted by Crippen LogP contribution is -2.34. The van der Waals surface area contributed by atoms with Crippen LogP contribution in [0.2, 0.25) is 0 Å². The number of methoxy groups -OCH3 is 1. The van der Waals surface area contributed by atoms with E-state index in [0.717, 1.165) is 10.6 Å². The fraction of sp³-hybridized carbons (Fsp3) is 0.158. The number of rotatable bonds is 4. The molecule has 0 radical (unpaired) electrons. The van der Waals surface area contributed by atoms with Crippen molar-refractivity contribution >= 4 is 17.8 Å². The van der Waals surface area contributed by atoms with Gasteiger partial charge in [0, 0.05) is 17.7 Å². The third kappa shape index (κ3) is 2.61. The fourth-order valence-electron chi connectivity index (χ4n) is 2.91. The first-order chi connectivity index (χ1) is 10.8. The highest BCUT2D eigenvalue weighted by Gasteiger charge is 2.39. The predicted octanol–water partition coefficient (Wildman–Crippen LogP) is 3.51. The van der Waals surface area contributed by atoms with Crippen molar-refractivity contribution in [1.29, 1.82) is 0 Å². The quantitative estimate of drug-likeness (QED) is 0.808. The highest BCUT2D eigenvalue weighted by atomic mass is 31.2. The zero-order chi connectivity index (χ0) is 15.4. The minimum absolute atomic E-state index is 0.184. The van der Waals surface area contributed by atoms with E-state index in [1.807, 2.05) is 85.0 Å². The summed E-state index contributed by atoms with van der Waals surface area (Å²) in [7, 11) is -1.17. The third-order valence-corrected chi connectivity index (χ3v) is 7.46. The molecule has 3 rings (SSSR count). The summed E-state index contributed by atoms with van der Waals surface area (Å²) in [6, 6.07) is 19.5. The summed E-state index contributed by atoms with van der Waals surface area (Å²) in [5.41, 5.74) is -0.188. The Hall–Kier alpha value is -1.89. The minimum Gasteiger partial charge on any atom is -0.376 e. The van der Waals surface area contributed by atoms with Crippen LogP contribution in [0.5, 0.6) is 0 Å². The number of hydrogen-bond donors (Lipinski definition) is 0. The van der Waals surface area contributed by atoms with E-state index < -0.39 is 7.14 Å². The molecule has 0 heterocycles. The van der Waals surface area contributed by atoms with E-state index in [9.17, 15) is 4.57 Å². The highest BCUT2D eigenvalue weighted by Crippen LogP contribution is 2.51.